The third-order valence-electron chi connectivity index (χ3n) is 6.35. The number of ether oxygens (including phenoxy) is 3. The van der Waals surface area contributed by atoms with Gasteiger partial charge in [0.2, 0.25) is 0 Å². The number of para-hydroxylation sites is 1. The Kier molecular flexibility index (Phi) is 6.75. The van der Waals surface area contributed by atoms with Crippen LogP contribution in [0.2, 0.25) is 0 Å². The zero-order chi connectivity index (χ0) is 25.2. The van der Waals surface area contributed by atoms with Crippen molar-refractivity contribution in [2.45, 2.75) is 20.0 Å². The molecule has 0 amide bonds. The van der Waals surface area contributed by atoms with Crippen molar-refractivity contribution < 1.29 is 23.3 Å². The van der Waals surface area contributed by atoms with Crippen molar-refractivity contribution in [3.63, 3.8) is 0 Å². The number of benzene rings is 4. The molecule has 1 atom stereocenters. The highest BCUT2D eigenvalue weighted by atomic mass is 31.2. The maximum atomic E-state index is 6.77. The number of aryl methyl sites for hydroxylation is 2. The molecule has 0 saturated heterocycles. The molecule has 1 aliphatic heterocycles. The van der Waals surface area contributed by atoms with E-state index in [0.29, 0.717) is 6.16 Å². The first-order chi connectivity index (χ1) is 17.5. The van der Waals surface area contributed by atoms with Crippen molar-refractivity contribution in [3.8, 4) is 51.0 Å². The Hall–Kier alpha value is -3.69. The quantitative estimate of drug-likeness (QED) is 0.252. The van der Waals surface area contributed by atoms with Crippen molar-refractivity contribution in [1.29, 1.82) is 0 Å². The van der Waals surface area contributed by atoms with Gasteiger partial charge in [-0.2, -0.15) is 0 Å². The minimum absolute atomic E-state index is 0.666. The van der Waals surface area contributed by atoms with E-state index in [0.717, 1.165) is 56.6 Å². The predicted octanol–water partition coefficient (Wildman–Crippen LogP) is 7.95. The summed E-state index contributed by atoms with van der Waals surface area (Å²) in [6.45, 7) is 4.03. The molecule has 5 nitrogen and oxygen atoms in total. The first-order valence-corrected chi connectivity index (χ1v) is 13.1. The molecule has 0 N–H and O–H groups in total. The van der Waals surface area contributed by atoms with Crippen LogP contribution in [0.1, 0.15) is 16.7 Å². The first-order valence-electron chi connectivity index (χ1n) is 11.7. The Morgan fingerprint density at radius 2 is 1.22 bits per heavy atom. The van der Waals surface area contributed by atoms with Gasteiger partial charge in [-0.3, -0.25) is 0 Å². The molecule has 6 heteroatoms. The lowest BCUT2D eigenvalue weighted by molar-refractivity contribution is 0.401. The van der Waals surface area contributed by atoms with Gasteiger partial charge in [-0.25, -0.2) is 0 Å². The highest BCUT2D eigenvalue weighted by Gasteiger charge is 2.27. The Morgan fingerprint density at radius 1 is 0.639 bits per heavy atom. The largest absolute Gasteiger partial charge is 0.497 e. The summed E-state index contributed by atoms with van der Waals surface area (Å²) in [7, 11) is 3.68. The number of methoxy groups -OCH3 is 3. The van der Waals surface area contributed by atoms with Gasteiger partial charge in [0.25, 0.3) is 8.38 Å². The lowest BCUT2D eigenvalue weighted by Crippen LogP contribution is -2.02. The van der Waals surface area contributed by atoms with E-state index >= 15 is 0 Å². The van der Waals surface area contributed by atoms with Crippen LogP contribution in [0, 0.1) is 13.8 Å². The van der Waals surface area contributed by atoms with E-state index in [9.17, 15) is 0 Å². The van der Waals surface area contributed by atoms with E-state index in [4.69, 9.17) is 23.3 Å². The number of hydrogen-bond donors (Lipinski definition) is 0. The molecule has 0 spiro atoms. The Balaban J connectivity index is 1.64. The fourth-order valence-electron chi connectivity index (χ4n) is 4.63. The van der Waals surface area contributed by atoms with Crippen LogP contribution in [0.3, 0.4) is 0 Å². The molecule has 4 aromatic carbocycles. The molecule has 1 aliphatic rings. The summed E-state index contributed by atoms with van der Waals surface area (Å²) in [5.41, 5.74) is 7.12. The van der Waals surface area contributed by atoms with E-state index < -0.39 is 8.38 Å². The lowest BCUT2D eigenvalue weighted by Gasteiger charge is -2.23. The van der Waals surface area contributed by atoms with Gasteiger partial charge in [0.05, 0.1) is 27.5 Å². The van der Waals surface area contributed by atoms with Gasteiger partial charge in [-0.05, 0) is 66.4 Å². The van der Waals surface area contributed by atoms with Crippen molar-refractivity contribution in [2.75, 3.05) is 21.3 Å². The monoisotopic (exact) mass is 500 g/mol. The van der Waals surface area contributed by atoms with E-state index in [1.165, 1.54) is 11.1 Å². The average molecular weight is 501 g/mol. The van der Waals surface area contributed by atoms with Gasteiger partial charge in [-0.15, -0.1) is 0 Å². The van der Waals surface area contributed by atoms with E-state index in [1.807, 2.05) is 56.3 Å². The van der Waals surface area contributed by atoms with Crippen molar-refractivity contribution in [1.82, 2.24) is 0 Å². The Bertz CT molecular complexity index is 1370. The molecular formula is C30H29O5P. The van der Waals surface area contributed by atoms with Gasteiger partial charge in [0, 0.05) is 16.7 Å². The number of hydrogen-bond acceptors (Lipinski definition) is 5. The van der Waals surface area contributed by atoms with Crippen molar-refractivity contribution in [3.05, 3.63) is 89.5 Å². The van der Waals surface area contributed by atoms with E-state index in [2.05, 4.69) is 30.3 Å². The van der Waals surface area contributed by atoms with E-state index in [1.54, 1.807) is 21.3 Å². The summed E-state index contributed by atoms with van der Waals surface area (Å²) in [6, 6.07) is 24.4. The van der Waals surface area contributed by atoms with Crippen molar-refractivity contribution >= 4 is 8.38 Å². The summed E-state index contributed by atoms with van der Waals surface area (Å²) in [5.74, 6) is 3.82. The molecule has 1 unspecified atom stereocenters. The van der Waals surface area contributed by atoms with Crippen LogP contribution < -0.4 is 23.3 Å². The minimum atomic E-state index is -1.33. The molecule has 0 aliphatic carbocycles. The van der Waals surface area contributed by atoms with Crippen LogP contribution in [0.15, 0.2) is 72.8 Å². The second-order valence-corrected chi connectivity index (χ2v) is 10.0. The molecule has 0 bridgehead atoms. The highest BCUT2D eigenvalue weighted by Crippen LogP contribution is 2.54. The first kappa shape index (κ1) is 24.0. The number of rotatable bonds is 6. The molecule has 184 valence electrons. The molecule has 0 saturated carbocycles. The minimum Gasteiger partial charge on any atom is -0.497 e. The van der Waals surface area contributed by atoms with Crippen molar-refractivity contribution in [2.24, 2.45) is 0 Å². The molecule has 5 rings (SSSR count). The maximum absolute atomic E-state index is 6.77. The van der Waals surface area contributed by atoms with Gasteiger partial charge >= 0.3 is 0 Å². The predicted molar refractivity (Wildman–Crippen MR) is 145 cm³/mol. The maximum Gasteiger partial charge on any atom is 0.295 e. The van der Waals surface area contributed by atoms with Crippen LogP contribution in [0.5, 0.6) is 28.7 Å². The normalized spacial score (nSPS) is 14.1. The fourth-order valence-corrected chi connectivity index (χ4v) is 6.18. The van der Waals surface area contributed by atoms with Crippen LogP contribution in [0.25, 0.3) is 22.3 Å². The molecule has 0 radical (unpaired) electrons. The van der Waals surface area contributed by atoms with Gasteiger partial charge in [0.1, 0.15) is 28.7 Å². The molecule has 4 aromatic rings. The second kappa shape index (κ2) is 10.1. The Labute approximate surface area is 213 Å². The Morgan fingerprint density at radius 3 is 1.89 bits per heavy atom. The summed E-state index contributed by atoms with van der Waals surface area (Å²) in [5, 5.41) is 0. The number of fused-ring (bicyclic) bond motifs is 3. The summed E-state index contributed by atoms with van der Waals surface area (Å²) in [4.78, 5) is 0. The molecule has 36 heavy (non-hydrogen) atoms. The summed E-state index contributed by atoms with van der Waals surface area (Å²) in [6.07, 6.45) is 0.666. The van der Waals surface area contributed by atoms with Crippen LogP contribution in [-0.2, 0) is 6.16 Å². The van der Waals surface area contributed by atoms with Gasteiger partial charge in [-0.1, -0.05) is 42.5 Å². The van der Waals surface area contributed by atoms with Gasteiger partial charge in [0.15, 0.2) is 0 Å². The summed E-state index contributed by atoms with van der Waals surface area (Å²) < 4.78 is 30.3. The fraction of sp³-hybridized carbons (Fsp3) is 0.200. The summed E-state index contributed by atoms with van der Waals surface area (Å²) >= 11 is 0. The second-order valence-electron chi connectivity index (χ2n) is 8.67. The van der Waals surface area contributed by atoms with Crippen LogP contribution in [0.4, 0.5) is 0 Å². The molecule has 0 fully saturated rings. The SMILES string of the molecule is COc1cc(C)c(OC)c(-c2cc(OC)cc(C)c2OP2Cc3ccccc3-c3ccccc3O2)c1. The standard InChI is InChI=1S/C30H29O5P/c1-19-14-22(31-3)16-26(29(19)33-5)27-17-23(32-4)15-20(2)30(27)35-36-18-21-10-6-7-11-24(21)25-12-8-9-13-28(25)34-36/h6-17H,18H2,1-5H3. The third kappa shape index (κ3) is 4.47. The third-order valence-corrected chi connectivity index (χ3v) is 7.73. The van der Waals surface area contributed by atoms with Crippen LogP contribution in [-0.4, -0.2) is 21.3 Å². The lowest BCUT2D eigenvalue weighted by atomic mass is 9.98. The molecule has 0 aromatic heterocycles. The molecular weight excluding hydrogens is 471 g/mol. The zero-order valence-electron chi connectivity index (χ0n) is 21.1. The average Bonchev–Trinajstić information content (AvgIpc) is 3.05. The van der Waals surface area contributed by atoms with Gasteiger partial charge < -0.3 is 23.3 Å². The zero-order valence-corrected chi connectivity index (χ0v) is 22.0. The van der Waals surface area contributed by atoms with Crippen LogP contribution >= 0.6 is 8.38 Å². The molecule has 1 heterocycles. The highest BCUT2D eigenvalue weighted by molar-refractivity contribution is 7.47. The smallest absolute Gasteiger partial charge is 0.295 e. The van der Waals surface area contributed by atoms with E-state index in [-0.39, 0.29) is 0 Å². The topological polar surface area (TPSA) is 46.2 Å².